The van der Waals surface area contributed by atoms with Gasteiger partial charge in [-0.1, -0.05) is 30.3 Å². The lowest BCUT2D eigenvalue weighted by atomic mass is 10.0. The Balaban J connectivity index is 0.00000341. The first-order valence-electron chi connectivity index (χ1n) is 11.7. The van der Waals surface area contributed by atoms with Crippen molar-refractivity contribution in [3.8, 4) is 0 Å². The minimum Gasteiger partial charge on any atom is -0.378 e. The smallest absolute Gasteiger partial charge is 0.191 e. The molecular weight excluding hydrogens is 503 g/mol. The third-order valence-corrected chi connectivity index (χ3v) is 5.97. The Morgan fingerprint density at radius 1 is 1.23 bits per heavy atom. The van der Waals surface area contributed by atoms with Crippen LogP contribution in [0.5, 0.6) is 0 Å². The van der Waals surface area contributed by atoms with Crippen LogP contribution in [0.25, 0.3) is 0 Å². The van der Waals surface area contributed by atoms with Gasteiger partial charge in [-0.15, -0.1) is 24.0 Å². The van der Waals surface area contributed by atoms with Crippen molar-refractivity contribution >= 4 is 29.9 Å². The van der Waals surface area contributed by atoms with Gasteiger partial charge in [-0.05, 0) is 51.5 Å². The van der Waals surface area contributed by atoms with Gasteiger partial charge in [0.15, 0.2) is 5.96 Å². The molecule has 3 rings (SSSR count). The Kier molecular flexibility index (Phi) is 12.1. The number of ether oxygens (including phenoxy) is 2. The lowest BCUT2D eigenvalue weighted by molar-refractivity contribution is 0.00532. The van der Waals surface area contributed by atoms with Crippen LogP contribution in [0, 0.1) is 0 Å². The van der Waals surface area contributed by atoms with Crippen LogP contribution >= 0.6 is 24.0 Å². The van der Waals surface area contributed by atoms with E-state index < -0.39 is 0 Å². The Hall–Kier alpha value is -0.900. The Labute approximate surface area is 205 Å². The Morgan fingerprint density at radius 2 is 2.00 bits per heavy atom. The molecule has 1 aromatic carbocycles. The molecule has 0 aliphatic carbocycles. The Bertz CT molecular complexity index is 630. The van der Waals surface area contributed by atoms with E-state index in [1.165, 1.54) is 5.56 Å². The molecule has 2 N–H and O–H groups in total. The molecule has 0 radical (unpaired) electrons. The van der Waals surface area contributed by atoms with Gasteiger partial charge in [0.1, 0.15) is 0 Å². The van der Waals surface area contributed by atoms with Crippen LogP contribution in [-0.2, 0) is 16.0 Å². The number of hydrogen-bond acceptors (Lipinski definition) is 4. The molecule has 0 saturated carbocycles. The molecule has 176 valence electrons. The summed E-state index contributed by atoms with van der Waals surface area (Å²) in [6.07, 6.45) is 5.87. The molecular formula is C24H41IN4O2. The summed E-state index contributed by atoms with van der Waals surface area (Å²) in [5.74, 6) is 0.878. The average molecular weight is 545 g/mol. The fourth-order valence-corrected chi connectivity index (χ4v) is 4.15. The first-order valence-corrected chi connectivity index (χ1v) is 11.7. The molecule has 2 saturated heterocycles. The molecule has 2 aliphatic rings. The number of hydrogen-bond donors (Lipinski definition) is 2. The van der Waals surface area contributed by atoms with Gasteiger partial charge in [-0.3, -0.25) is 9.89 Å². The number of nitrogens with zero attached hydrogens (tertiary/aromatic N) is 2. The molecule has 1 atom stereocenters. The summed E-state index contributed by atoms with van der Waals surface area (Å²) in [6.45, 7) is 11.7. The summed E-state index contributed by atoms with van der Waals surface area (Å²) >= 11 is 0. The number of likely N-dealkylation sites (tertiary alicyclic amines) is 1. The van der Waals surface area contributed by atoms with E-state index in [0.717, 1.165) is 84.0 Å². The normalized spacial score (nSPS) is 22.8. The zero-order valence-electron chi connectivity index (χ0n) is 19.3. The minimum absolute atomic E-state index is 0. The van der Waals surface area contributed by atoms with Crippen molar-refractivity contribution in [3.05, 3.63) is 35.9 Å². The number of nitrogens with one attached hydrogen (secondary N) is 2. The molecule has 2 heterocycles. The first-order chi connectivity index (χ1) is 14.7. The van der Waals surface area contributed by atoms with Gasteiger partial charge in [0.2, 0.25) is 0 Å². The highest BCUT2D eigenvalue weighted by Gasteiger charge is 2.29. The number of benzene rings is 1. The minimum atomic E-state index is -0.0964. The predicted molar refractivity (Wildman–Crippen MR) is 138 cm³/mol. The zero-order chi connectivity index (χ0) is 21.1. The lowest BCUT2D eigenvalue weighted by Crippen LogP contribution is -2.40. The highest BCUT2D eigenvalue weighted by molar-refractivity contribution is 14.0. The number of halogens is 1. The van der Waals surface area contributed by atoms with E-state index in [2.05, 4.69) is 59.7 Å². The van der Waals surface area contributed by atoms with E-state index in [-0.39, 0.29) is 29.6 Å². The van der Waals surface area contributed by atoms with Gasteiger partial charge < -0.3 is 20.1 Å². The van der Waals surface area contributed by atoms with Crippen molar-refractivity contribution in [2.75, 3.05) is 45.9 Å². The van der Waals surface area contributed by atoms with Crippen LogP contribution in [0.4, 0.5) is 0 Å². The number of guanidine groups is 1. The van der Waals surface area contributed by atoms with E-state index in [9.17, 15) is 0 Å². The molecule has 1 unspecified atom stereocenters. The molecule has 7 heteroatoms. The number of piperidine rings is 1. The van der Waals surface area contributed by atoms with E-state index in [4.69, 9.17) is 14.5 Å². The average Bonchev–Trinajstić information content (AvgIpc) is 3.20. The highest BCUT2D eigenvalue weighted by atomic mass is 127. The van der Waals surface area contributed by atoms with Gasteiger partial charge >= 0.3 is 0 Å². The van der Waals surface area contributed by atoms with Crippen LogP contribution in [-0.4, -0.2) is 68.5 Å². The van der Waals surface area contributed by atoms with Gasteiger partial charge in [0, 0.05) is 45.9 Å². The van der Waals surface area contributed by atoms with E-state index >= 15 is 0 Å². The topological polar surface area (TPSA) is 58.1 Å². The van der Waals surface area contributed by atoms with Crippen molar-refractivity contribution < 1.29 is 9.47 Å². The van der Waals surface area contributed by atoms with E-state index in [0.29, 0.717) is 12.6 Å². The van der Waals surface area contributed by atoms with Crippen LogP contribution in [0.1, 0.15) is 51.5 Å². The second-order valence-corrected chi connectivity index (χ2v) is 8.71. The lowest BCUT2D eigenvalue weighted by Gasteiger charge is -2.32. The van der Waals surface area contributed by atoms with Crippen molar-refractivity contribution in [2.45, 2.75) is 64.2 Å². The van der Waals surface area contributed by atoms with Gasteiger partial charge in [0.25, 0.3) is 0 Å². The second-order valence-electron chi connectivity index (χ2n) is 8.71. The predicted octanol–water partition coefficient (Wildman–Crippen LogP) is 3.80. The van der Waals surface area contributed by atoms with Gasteiger partial charge in [-0.25, -0.2) is 0 Å². The first kappa shape index (κ1) is 26.4. The third kappa shape index (κ3) is 9.63. The van der Waals surface area contributed by atoms with Crippen molar-refractivity contribution in [2.24, 2.45) is 4.99 Å². The third-order valence-electron chi connectivity index (χ3n) is 5.97. The summed E-state index contributed by atoms with van der Waals surface area (Å²) in [6, 6.07) is 10.7. The molecule has 0 amide bonds. The Morgan fingerprint density at radius 3 is 2.68 bits per heavy atom. The maximum atomic E-state index is 6.13. The molecule has 2 aliphatic heterocycles. The quantitative estimate of drug-likeness (QED) is 0.203. The largest absolute Gasteiger partial charge is 0.378 e. The van der Waals surface area contributed by atoms with Crippen molar-refractivity contribution in [3.63, 3.8) is 0 Å². The highest BCUT2D eigenvalue weighted by Crippen LogP contribution is 2.25. The van der Waals surface area contributed by atoms with Crippen molar-refractivity contribution in [1.82, 2.24) is 15.5 Å². The molecule has 6 nitrogen and oxygen atoms in total. The molecule has 0 aromatic heterocycles. The SMILES string of the molecule is CCNC(=NCC1(C)CCCO1)NCCCOC1CCN(Cc2ccccc2)CC1.I. The zero-order valence-corrected chi connectivity index (χ0v) is 21.6. The van der Waals surface area contributed by atoms with Gasteiger partial charge in [-0.2, -0.15) is 0 Å². The van der Waals surface area contributed by atoms with Crippen LogP contribution < -0.4 is 10.6 Å². The van der Waals surface area contributed by atoms with E-state index in [1.54, 1.807) is 0 Å². The fraction of sp³-hybridized carbons (Fsp3) is 0.708. The molecule has 1 aromatic rings. The van der Waals surface area contributed by atoms with Gasteiger partial charge in [0.05, 0.1) is 18.2 Å². The number of rotatable bonds is 10. The molecule has 0 bridgehead atoms. The summed E-state index contributed by atoms with van der Waals surface area (Å²) in [5.41, 5.74) is 1.30. The van der Waals surface area contributed by atoms with Crippen LogP contribution in [0.15, 0.2) is 35.3 Å². The summed E-state index contributed by atoms with van der Waals surface area (Å²) in [7, 11) is 0. The summed E-state index contributed by atoms with van der Waals surface area (Å²) in [5, 5.41) is 6.75. The maximum absolute atomic E-state index is 6.13. The van der Waals surface area contributed by atoms with E-state index in [1.807, 2.05) is 0 Å². The summed E-state index contributed by atoms with van der Waals surface area (Å²) < 4.78 is 12.0. The standard InChI is InChI=1S/C24H40N4O2.HI/c1-3-25-23(27-20-24(2)13-7-18-30-24)26-14-8-17-29-22-11-15-28(16-12-22)19-21-9-5-4-6-10-21;/h4-6,9-10,22H,3,7-8,11-20H2,1-2H3,(H2,25,26,27);1H. The van der Waals surface area contributed by atoms with Crippen molar-refractivity contribution in [1.29, 1.82) is 0 Å². The molecule has 0 spiro atoms. The molecule has 2 fully saturated rings. The fourth-order valence-electron chi connectivity index (χ4n) is 4.15. The van der Waals surface area contributed by atoms with Crippen LogP contribution in [0.2, 0.25) is 0 Å². The monoisotopic (exact) mass is 544 g/mol. The molecule has 31 heavy (non-hydrogen) atoms. The summed E-state index contributed by atoms with van der Waals surface area (Å²) in [4.78, 5) is 7.25. The number of aliphatic imine (C=N–C) groups is 1. The second kappa shape index (κ2) is 14.3. The van der Waals surface area contributed by atoms with Crippen LogP contribution in [0.3, 0.4) is 0 Å². The maximum Gasteiger partial charge on any atom is 0.191 e.